The molecule has 0 unspecified atom stereocenters. The zero-order valence-electron chi connectivity index (χ0n) is 26.8. The molecule has 2 heterocycles. The molecule has 0 radical (unpaired) electrons. The first-order chi connectivity index (χ1) is 24.1. The molecule has 0 saturated carbocycles. The van der Waals surface area contributed by atoms with E-state index in [0.29, 0.717) is 12.1 Å². The van der Waals surface area contributed by atoms with Gasteiger partial charge in [-0.1, -0.05) is 116 Å². The molecule has 0 aliphatic rings. The van der Waals surface area contributed by atoms with Crippen LogP contribution in [-0.2, 0) is 6.42 Å². The molecule has 0 aliphatic carbocycles. The monoisotopic (exact) mass is 648 g/mol. The molecular formula is C44H32N4S. The number of rotatable bonds is 6. The minimum atomic E-state index is 0.530. The molecule has 7 aromatic carbocycles. The predicted molar refractivity (Wildman–Crippen MR) is 210 cm³/mol. The van der Waals surface area contributed by atoms with Crippen LogP contribution in [0.15, 0.2) is 174 Å². The minimum Gasteiger partial charge on any atom is -0.399 e. The Labute approximate surface area is 288 Å². The maximum atomic E-state index is 6.22. The molecule has 0 fully saturated rings. The van der Waals surface area contributed by atoms with Crippen LogP contribution < -0.4 is 5.73 Å². The molecule has 9 aromatic rings. The van der Waals surface area contributed by atoms with Crippen molar-refractivity contribution < 1.29 is 0 Å². The van der Waals surface area contributed by atoms with Gasteiger partial charge >= 0.3 is 0 Å². The lowest BCUT2D eigenvalue weighted by Crippen LogP contribution is -2.14. The van der Waals surface area contributed by atoms with Crippen LogP contribution in [0.5, 0.6) is 0 Å². The van der Waals surface area contributed by atoms with E-state index in [1.165, 1.54) is 60.9 Å². The van der Waals surface area contributed by atoms with Crippen molar-refractivity contribution in [3.63, 3.8) is 0 Å². The third kappa shape index (κ3) is 4.98. The zero-order chi connectivity index (χ0) is 32.9. The Hall–Kier alpha value is -6.04. The van der Waals surface area contributed by atoms with E-state index in [-0.39, 0.29) is 0 Å². The van der Waals surface area contributed by atoms with E-state index >= 15 is 0 Å². The third-order valence-electron chi connectivity index (χ3n) is 9.40. The van der Waals surface area contributed by atoms with Crippen molar-refractivity contribution in [2.24, 2.45) is 10.1 Å². The number of para-hydroxylation sites is 3. The topological polar surface area (TPSA) is 48.2 Å². The van der Waals surface area contributed by atoms with Gasteiger partial charge in [-0.15, -0.1) is 0 Å². The van der Waals surface area contributed by atoms with E-state index < -0.39 is 0 Å². The van der Waals surface area contributed by atoms with Gasteiger partial charge in [0, 0.05) is 61.8 Å². The number of nitrogens with zero attached hydrogens (tertiary/aromatic N) is 3. The molecule has 0 bridgehead atoms. The maximum Gasteiger partial charge on any atom is 0.126 e. The Bertz CT molecular complexity index is 2750. The van der Waals surface area contributed by atoms with Crippen molar-refractivity contribution >= 4 is 77.9 Å². The third-order valence-corrected chi connectivity index (χ3v) is 10.3. The van der Waals surface area contributed by atoms with Crippen molar-refractivity contribution in [2.45, 2.75) is 11.3 Å². The summed E-state index contributed by atoms with van der Waals surface area (Å²) in [4.78, 5) is 0.971. The van der Waals surface area contributed by atoms with Gasteiger partial charge in [-0.3, -0.25) is 4.57 Å². The molecule has 2 aromatic heterocycles. The van der Waals surface area contributed by atoms with Crippen LogP contribution in [0.25, 0.3) is 65.8 Å². The van der Waals surface area contributed by atoms with Crippen LogP contribution in [0.3, 0.4) is 0 Å². The van der Waals surface area contributed by atoms with Crippen molar-refractivity contribution in [3.05, 3.63) is 175 Å². The lowest BCUT2D eigenvalue weighted by molar-refractivity contribution is 1.15. The Balaban J connectivity index is 1.27. The van der Waals surface area contributed by atoms with Crippen LogP contribution in [0.1, 0.15) is 11.1 Å². The van der Waals surface area contributed by atoms with E-state index in [9.17, 15) is 0 Å². The molecular weight excluding hydrogens is 617 g/mol. The highest BCUT2D eigenvalue weighted by atomic mass is 32.2. The van der Waals surface area contributed by atoms with Gasteiger partial charge in [-0.05, 0) is 64.9 Å². The molecule has 0 amide bonds. The Morgan fingerprint density at radius 1 is 0.571 bits per heavy atom. The largest absolute Gasteiger partial charge is 0.399 e. The molecule has 0 saturated heterocycles. The minimum absolute atomic E-state index is 0.530. The van der Waals surface area contributed by atoms with Gasteiger partial charge in [0.1, 0.15) is 5.84 Å². The van der Waals surface area contributed by atoms with Gasteiger partial charge in [0.15, 0.2) is 0 Å². The number of fused-ring (bicyclic) bond motifs is 7. The fourth-order valence-corrected chi connectivity index (χ4v) is 7.95. The normalized spacial score (nSPS) is 12.1. The highest BCUT2D eigenvalue weighted by molar-refractivity contribution is 7.98. The molecule has 0 spiro atoms. The van der Waals surface area contributed by atoms with Crippen molar-refractivity contribution in [1.29, 1.82) is 0 Å². The van der Waals surface area contributed by atoms with Crippen LogP contribution in [0.2, 0.25) is 0 Å². The predicted octanol–water partition coefficient (Wildman–Crippen LogP) is 11.2. The molecule has 0 aliphatic heterocycles. The summed E-state index contributed by atoms with van der Waals surface area (Å²) >= 11 is 1.45. The summed E-state index contributed by atoms with van der Waals surface area (Å²) in [6.07, 6.45) is 0.617. The first-order valence-electron chi connectivity index (χ1n) is 16.4. The Morgan fingerprint density at radius 3 is 2.00 bits per heavy atom. The van der Waals surface area contributed by atoms with Crippen LogP contribution in [0.4, 0.5) is 0 Å². The van der Waals surface area contributed by atoms with E-state index in [4.69, 9.17) is 10.1 Å². The lowest BCUT2D eigenvalue weighted by Gasteiger charge is -2.14. The van der Waals surface area contributed by atoms with Gasteiger partial charge in [-0.2, -0.15) is 4.40 Å². The number of nitrogens with two attached hydrogens (primary N) is 1. The first-order valence-corrected chi connectivity index (χ1v) is 17.2. The Kier molecular flexibility index (Phi) is 7.06. The summed E-state index contributed by atoms with van der Waals surface area (Å²) in [5.74, 6) is 0.936. The summed E-state index contributed by atoms with van der Waals surface area (Å²) in [7, 11) is 0. The summed E-state index contributed by atoms with van der Waals surface area (Å²) in [6, 6.07) is 56.0. The summed E-state index contributed by atoms with van der Waals surface area (Å²) in [5, 5.41) is 7.31. The fraction of sp³-hybridized carbons (Fsp3) is 0.0227. The van der Waals surface area contributed by atoms with Crippen LogP contribution >= 0.6 is 11.9 Å². The van der Waals surface area contributed by atoms with Gasteiger partial charge in [0.25, 0.3) is 0 Å². The summed E-state index contributed by atoms with van der Waals surface area (Å²) in [5.41, 5.74) is 14.6. The lowest BCUT2D eigenvalue weighted by atomic mass is 10.1. The highest BCUT2D eigenvalue weighted by Gasteiger charge is 2.19. The second-order valence-corrected chi connectivity index (χ2v) is 13.2. The number of hydrogen-bond acceptors (Lipinski definition) is 3. The molecule has 49 heavy (non-hydrogen) atoms. The quantitative estimate of drug-likeness (QED) is 0.111. The summed E-state index contributed by atoms with van der Waals surface area (Å²) in [6.45, 7) is 4.03. The second-order valence-electron chi connectivity index (χ2n) is 12.4. The highest BCUT2D eigenvalue weighted by Crippen LogP contribution is 2.36. The molecule has 4 nitrogen and oxygen atoms in total. The molecule has 9 rings (SSSR count). The van der Waals surface area contributed by atoms with E-state index in [1.54, 1.807) is 0 Å². The van der Waals surface area contributed by atoms with E-state index in [0.717, 1.165) is 33.0 Å². The Morgan fingerprint density at radius 2 is 1.20 bits per heavy atom. The van der Waals surface area contributed by atoms with E-state index in [2.05, 4.69) is 155 Å². The molecule has 0 atom stereocenters. The molecule has 234 valence electrons. The average Bonchev–Trinajstić information content (AvgIpc) is 3.64. The van der Waals surface area contributed by atoms with Crippen molar-refractivity contribution in [3.8, 4) is 5.69 Å². The van der Waals surface area contributed by atoms with Crippen molar-refractivity contribution in [2.75, 3.05) is 0 Å². The van der Waals surface area contributed by atoms with Gasteiger partial charge in [0.05, 0.1) is 22.1 Å². The maximum absolute atomic E-state index is 6.22. The standard InChI is InChI=1S/C44H32N4S/c1-29(45)34-17-9-12-22-43(34)49-46-44(48-40-21-11-8-19-36(40)38-27-31-13-5-6-14-32(31)28-42(38)48)26-30-23-24-37-35-18-7-10-20-39(35)47(41(37)25-30)33-15-3-2-4-16-33/h2-25,27-28H,1,26,45H2. The summed E-state index contributed by atoms with van der Waals surface area (Å²) < 4.78 is 10.1. The van der Waals surface area contributed by atoms with Crippen LogP contribution in [0, 0.1) is 0 Å². The first kappa shape index (κ1) is 29.1. The number of aromatic nitrogens is 2. The second kappa shape index (κ2) is 11.9. The number of hydrogen-bond donors (Lipinski definition) is 1. The van der Waals surface area contributed by atoms with Gasteiger partial charge in [0.2, 0.25) is 0 Å². The van der Waals surface area contributed by atoms with Crippen LogP contribution in [-0.4, -0.2) is 15.0 Å². The molecule has 5 heteroatoms. The SMILES string of the molecule is C=C(N)c1ccccc1SN=C(Cc1ccc2c3ccccc3n(-c3ccccc3)c2c1)n1c2ccccc2c2cc3ccccc3cc21. The van der Waals surface area contributed by atoms with E-state index in [1.807, 2.05) is 18.2 Å². The molecule has 2 N–H and O–H groups in total. The average molecular weight is 649 g/mol. The van der Waals surface area contributed by atoms with Gasteiger partial charge in [-0.25, -0.2) is 0 Å². The number of benzene rings is 7. The zero-order valence-corrected chi connectivity index (χ0v) is 27.6. The fourth-order valence-electron chi connectivity index (χ4n) is 7.16. The van der Waals surface area contributed by atoms with Crippen molar-refractivity contribution in [1.82, 2.24) is 9.13 Å². The van der Waals surface area contributed by atoms with Gasteiger partial charge < -0.3 is 10.3 Å². The smallest absolute Gasteiger partial charge is 0.126 e.